The lowest BCUT2D eigenvalue weighted by Gasteiger charge is -2.26. The van der Waals surface area contributed by atoms with Crippen LogP contribution in [-0.4, -0.2) is 11.9 Å². The summed E-state index contributed by atoms with van der Waals surface area (Å²) in [5, 5.41) is 0. The van der Waals surface area contributed by atoms with Crippen LogP contribution in [0.4, 0.5) is 17.1 Å². The van der Waals surface area contributed by atoms with Crippen molar-refractivity contribution in [3.05, 3.63) is 163 Å². The van der Waals surface area contributed by atoms with Crippen molar-refractivity contribution in [3.63, 3.8) is 0 Å². The molecule has 6 aromatic rings. The second-order valence-corrected chi connectivity index (χ2v) is 11.3. The topological polar surface area (TPSA) is 55.8 Å². The van der Waals surface area contributed by atoms with Gasteiger partial charge in [-0.1, -0.05) is 115 Å². The van der Waals surface area contributed by atoms with Crippen molar-refractivity contribution in [3.8, 4) is 33.4 Å². The summed E-state index contributed by atoms with van der Waals surface area (Å²) < 4.78 is 10.3. The van der Waals surface area contributed by atoms with Crippen LogP contribution in [0.2, 0.25) is 0 Å². The molecule has 232 valence electrons. The average molecular weight is 618 g/mol. The Morgan fingerprint density at radius 2 is 0.681 bits per heavy atom. The lowest BCUT2D eigenvalue weighted by atomic mass is 10.0. The number of esters is 2. The van der Waals surface area contributed by atoms with Crippen LogP contribution in [0.15, 0.2) is 152 Å². The summed E-state index contributed by atoms with van der Waals surface area (Å²) in [5.41, 5.74) is 11.7. The average Bonchev–Trinajstić information content (AvgIpc) is 3.12. The standard InChI is InChI=1S/C42H35NO4/c1-30(44)46-28-32-8-12-35(13-9-32)38-18-24-41(25-19-38)43(40-22-16-37(17-23-40)34-6-4-3-5-7-34)42-26-20-39(21-27-42)36-14-10-33(11-15-36)29-47-31(2)45/h3-27H,28-29H2,1-2H3. The Kier molecular flexibility index (Phi) is 9.54. The molecule has 0 unspecified atom stereocenters. The van der Waals surface area contributed by atoms with E-state index in [4.69, 9.17) is 9.47 Å². The molecule has 0 bridgehead atoms. The molecule has 0 radical (unpaired) electrons. The highest BCUT2D eigenvalue weighted by Gasteiger charge is 2.14. The fourth-order valence-corrected chi connectivity index (χ4v) is 5.44. The van der Waals surface area contributed by atoms with Crippen LogP contribution in [0, 0.1) is 0 Å². The first-order chi connectivity index (χ1) is 22.9. The summed E-state index contributed by atoms with van der Waals surface area (Å²) in [6.07, 6.45) is 0. The largest absolute Gasteiger partial charge is 0.461 e. The van der Waals surface area contributed by atoms with Gasteiger partial charge in [0.25, 0.3) is 0 Å². The van der Waals surface area contributed by atoms with Gasteiger partial charge in [0.05, 0.1) is 0 Å². The molecule has 0 heterocycles. The molecule has 0 atom stereocenters. The molecule has 0 aliphatic carbocycles. The van der Waals surface area contributed by atoms with Gasteiger partial charge in [0.1, 0.15) is 13.2 Å². The van der Waals surface area contributed by atoms with Crippen LogP contribution in [0.25, 0.3) is 33.4 Å². The molecule has 0 fully saturated rings. The predicted octanol–water partition coefficient (Wildman–Crippen LogP) is 10.3. The first-order valence-corrected chi connectivity index (χ1v) is 15.5. The highest BCUT2D eigenvalue weighted by molar-refractivity contribution is 5.81. The smallest absolute Gasteiger partial charge is 0.302 e. The number of hydrogen-bond donors (Lipinski definition) is 0. The molecule has 0 aliphatic rings. The molecule has 0 aromatic heterocycles. The van der Waals surface area contributed by atoms with Crippen molar-refractivity contribution >= 4 is 29.0 Å². The van der Waals surface area contributed by atoms with Gasteiger partial charge < -0.3 is 14.4 Å². The van der Waals surface area contributed by atoms with Crippen molar-refractivity contribution < 1.29 is 19.1 Å². The molecule has 0 saturated carbocycles. The molecule has 5 heteroatoms. The molecule has 5 nitrogen and oxygen atoms in total. The van der Waals surface area contributed by atoms with E-state index in [-0.39, 0.29) is 25.2 Å². The van der Waals surface area contributed by atoms with Gasteiger partial charge in [-0.15, -0.1) is 0 Å². The number of carbonyl (C=O) groups is 2. The molecule has 47 heavy (non-hydrogen) atoms. The molecule has 0 aliphatic heterocycles. The predicted molar refractivity (Wildman–Crippen MR) is 188 cm³/mol. The number of anilines is 3. The van der Waals surface area contributed by atoms with E-state index in [0.717, 1.165) is 56.0 Å². The van der Waals surface area contributed by atoms with E-state index in [1.54, 1.807) is 0 Å². The maximum absolute atomic E-state index is 11.2. The van der Waals surface area contributed by atoms with E-state index in [9.17, 15) is 9.59 Å². The van der Waals surface area contributed by atoms with Crippen LogP contribution >= 0.6 is 0 Å². The van der Waals surface area contributed by atoms with Crippen LogP contribution < -0.4 is 4.90 Å². The maximum Gasteiger partial charge on any atom is 0.302 e. The van der Waals surface area contributed by atoms with Crippen LogP contribution in [0.5, 0.6) is 0 Å². The van der Waals surface area contributed by atoms with Gasteiger partial charge in [0, 0.05) is 30.9 Å². The van der Waals surface area contributed by atoms with Crippen molar-refractivity contribution in [2.75, 3.05) is 4.90 Å². The summed E-state index contributed by atoms with van der Waals surface area (Å²) in [6, 6.07) is 52.3. The minimum Gasteiger partial charge on any atom is -0.461 e. The lowest BCUT2D eigenvalue weighted by molar-refractivity contribution is -0.143. The van der Waals surface area contributed by atoms with Gasteiger partial charge in [0.2, 0.25) is 0 Å². The molecular formula is C42H35NO4. The first-order valence-electron chi connectivity index (χ1n) is 15.5. The van der Waals surface area contributed by atoms with Gasteiger partial charge in [-0.3, -0.25) is 9.59 Å². The first kappa shape index (κ1) is 31.1. The fraction of sp³-hybridized carbons (Fsp3) is 0.0952. The van der Waals surface area contributed by atoms with E-state index in [0.29, 0.717) is 0 Å². The number of carbonyl (C=O) groups excluding carboxylic acids is 2. The minimum absolute atomic E-state index is 0.271. The molecule has 0 N–H and O–H groups in total. The maximum atomic E-state index is 11.2. The summed E-state index contributed by atoms with van der Waals surface area (Å²) in [7, 11) is 0. The van der Waals surface area contributed by atoms with Crippen LogP contribution in [0.1, 0.15) is 25.0 Å². The summed E-state index contributed by atoms with van der Waals surface area (Å²) in [5.74, 6) is -0.574. The Hall–Kier alpha value is -5.94. The van der Waals surface area contributed by atoms with E-state index in [2.05, 4.69) is 126 Å². The molecule has 0 saturated heterocycles. The zero-order chi connectivity index (χ0) is 32.6. The van der Waals surface area contributed by atoms with E-state index in [1.165, 1.54) is 19.4 Å². The third-order valence-electron chi connectivity index (χ3n) is 7.94. The summed E-state index contributed by atoms with van der Waals surface area (Å²) in [4.78, 5) is 24.6. The molecular weight excluding hydrogens is 582 g/mol. The normalized spacial score (nSPS) is 10.7. The second kappa shape index (κ2) is 14.4. The zero-order valence-corrected chi connectivity index (χ0v) is 26.4. The lowest BCUT2D eigenvalue weighted by Crippen LogP contribution is -2.09. The van der Waals surface area contributed by atoms with Gasteiger partial charge in [-0.05, 0) is 80.9 Å². The Morgan fingerprint density at radius 3 is 0.979 bits per heavy atom. The Balaban J connectivity index is 1.28. The Morgan fingerprint density at radius 1 is 0.404 bits per heavy atom. The van der Waals surface area contributed by atoms with Crippen LogP contribution in [0.3, 0.4) is 0 Å². The highest BCUT2D eigenvalue weighted by Crippen LogP contribution is 2.37. The molecule has 6 rings (SSSR count). The van der Waals surface area contributed by atoms with E-state index < -0.39 is 0 Å². The van der Waals surface area contributed by atoms with E-state index in [1.807, 2.05) is 30.3 Å². The van der Waals surface area contributed by atoms with Gasteiger partial charge in [-0.2, -0.15) is 0 Å². The molecule has 0 spiro atoms. The Bertz CT molecular complexity index is 1830. The minimum atomic E-state index is -0.287. The van der Waals surface area contributed by atoms with Crippen LogP contribution in [-0.2, 0) is 32.3 Å². The van der Waals surface area contributed by atoms with Gasteiger partial charge in [-0.25, -0.2) is 0 Å². The number of rotatable bonds is 10. The van der Waals surface area contributed by atoms with E-state index >= 15 is 0 Å². The Labute approximate surface area is 275 Å². The number of ether oxygens (including phenoxy) is 2. The fourth-order valence-electron chi connectivity index (χ4n) is 5.44. The van der Waals surface area contributed by atoms with Gasteiger partial charge >= 0.3 is 11.9 Å². The SMILES string of the molecule is CC(=O)OCc1ccc(-c2ccc(N(c3ccc(-c4ccccc4)cc3)c3ccc(-c4ccc(COC(C)=O)cc4)cc3)cc2)cc1. The zero-order valence-electron chi connectivity index (χ0n) is 26.4. The second-order valence-electron chi connectivity index (χ2n) is 11.3. The number of hydrogen-bond acceptors (Lipinski definition) is 5. The summed E-state index contributed by atoms with van der Waals surface area (Å²) in [6.45, 7) is 3.37. The third kappa shape index (κ3) is 7.84. The quantitative estimate of drug-likeness (QED) is 0.143. The third-order valence-corrected chi connectivity index (χ3v) is 7.94. The van der Waals surface area contributed by atoms with Crippen molar-refractivity contribution in [1.29, 1.82) is 0 Å². The molecule has 0 amide bonds. The summed E-state index contributed by atoms with van der Waals surface area (Å²) >= 11 is 0. The highest BCUT2D eigenvalue weighted by atomic mass is 16.5. The number of benzene rings is 6. The van der Waals surface area contributed by atoms with Crippen molar-refractivity contribution in [1.82, 2.24) is 0 Å². The van der Waals surface area contributed by atoms with Crippen molar-refractivity contribution in [2.24, 2.45) is 0 Å². The molecule has 6 aromatic carbocycles. The van der Waals surface area contributed by atoms with Crippen molar-refractivity contribution in [2.45, 2.75) is 27.1 Å². The monoisotopic (exact) mass is 617 g/mol. The van der Waals surface area contributed by atoms with Gasteiger partial charge in [0.15, 0.2) is 0 Å². The number of nitrogens with zero attached hydrogens (tertiary/aromatic N) is 1.